The second-order valence-corrected chi connectivity index (χ2v) is 7.89. The van der Waals surface area contributed by atoms with E-state index in [4.69, 9.17) is 0 Å². The van der Waals surface area contributed by atoms with Gasteiger partial charge in [0.2, 0.25) is 0 Å². The van der Waals surface area contributed by atoms with Crippen LogP contribution >= 0.6 is 0 Å². The van der Waals surface area contributed by atoms with E-state index in [1.54, 1.807) is 0 Å². The molecule has 0 aliphatic carbocycles. The first-order valence-electron chi connectivity index (χ1n) is 7.42. The smallest absolute Gasteiger partial charge is 0.00966 e. The van der Waals surface area contributed by atoms with Gasteiger partial charge in [-0.2, -0.15) is 0 Å². The number of hydrogen-bond acceptors (Lipinski definition) is 1. The summed E-state index contributed by atoms with van der Waals surface area (Å²) in [6.07, 6.45) is 1.15. The summed E-state index contributed by atoms with van der Waals surface area (Å²) in [6, 6.07) is 9.13. The molecular weight excluding hydrogens is 230 g/mol. The summed E-state index contributed by atoms with van der Waals surface area (Å²) in [6.45, 7) is 16.8. The molecule has 1 atom stereocenters. The van der Waals surface area contributed by atoms with E-state index in [0.29, 0.717) is 5.92 Å². The van der Waals surface area contributed by atoms with Crippen molar-refractivity contribution in [1.29, 1.82) is 0 Å². The first-order chi connectivity index (χ1) is 8.58. The Morgan fingerprint density at radius 2 is 1.47 bits per heavy atom. The zero-order valence-electron chi connectivity index (χ0n) is 13.8. The molecule has 0 aliphatic heterocycles. The van der Waals surface area contributed by atoms with Gasteiger partial charge in [-0.3, -0.25) is 0 Å². The second-order valence-electron chi connectivity index (χ2n) is 7.89. The van der Waals surface area contributed by atoms with Gasteiger partial charge in [0.05, 0.1) is 0 Å². The third-order valence-corrected chi connectivity index (χ3v) is 3.38. The number of nitrogens with one attached hydrogen (secondary N) is 1. The molecule has 1 aromatic rings. The van der Waals surface area contributed by atoms with Crippen molar-refractivity contribution in [3.63, 3.8) is 0 Å². The highest BCUT2D eigenvalue weighted by atomic mass is 14.9. The quantitative estimate of drug-likeness (QED) is 0.838. The van der Waals surface area contributed by atoms with Crippen LogP contribution in [0.2, 0.25) is 0 Å². The first-order valence-corrected chi connectivity index (χ1v) is 7.42. The molecule has 1 unspecified atom stereocenters. The maximum atomic E-state index is 3.58. The van der Waals surface area contributed by atoms with E-state index in [2.05, 4.69) is 78.0 Å². The zero-order valence-corrected chi connectivity index (χ0v) is 13.8. The van der Waals surface area contributed by atoms with Gasteiger partial charge >= 0.3 is 0 Å². The molecule has 1 rings (SSSR count). The van der Waals surface area contributed by atoms with Gasteiger partial charge in [0.25, 0.3) is 0 Å². The minimum absolute atomic E-state index is 0.213. The normalized spacial score (nSPS) is 14.5. The lowest BCUT2D eigenvalue weighted by molar-refractivity contribution is 0.381. The van der Waals surface area contributed by atoms with Crippen molar-refractivity contribution in [2.45, 2.75) is 65.8 Å². The monoisotopic (exact) mass is 261 g/mol. The lowest BCUT2D eigenvalue weighted by Crippen LogP contribution is -2.39. The van der Waals surface area contributed by atoms with Crippen LogP contribution in [0.5, 0.6) is 0 Å². The van der Waals surface area contributed by atoms with Gasteiger partial charge in [-0.1, -0.05) is 52.0 Å². The maximum Gasteiger partial charge on any atom is 0.00966 e. The van der Waals surface area contributed by atoms with Crippen molar-refractivity contribution in [2.24, 2.45) is 5.92 Å². The molecule has 1 aromatic carbocycles. The number of hydrogen-bond donors (Lipinski definition) is 1. The average Bonchev–Trinajstić information content (AvgIpc) is 2.25. The molecule has 0 aromatic heterocycles. The predicted molar refractivity (Wildman–Crippen MR) is 85.8 cm³/mol. The molecular formula is C18H31N. The van der Waals surface area contributed by atoms with Crippen molar-refractivity contribution in [2.75, 3.05) is 6.54 Å². The highest BCUT2D eigenvalue weighted by Gasteiger charge is 2.14. The molecule has 0 saturated heterocycles. The van der Waals surface area contributed by atoms with Gasteiger partial charge in [-0.15, -0.1) is 0 Å². The Bertz CT molecular complexity index is 376. The summed E-state index contributed by atoms with van der Waals surface area (Å²) in [5.41, 5.74) is 3.32. The van der Waals surface area contributed by atoms with Crippen molar-refractivity contribution in [1.82, 2.24) is 5.32 Å². The molecule has 0 bridgehead atoms. The van der Waals surface area contributed by atoms with Gasteiger partial charge in [0, 0.05) is 5.54 Å². The van der Waals surface area contributed by atoms with Gasteiger partial charge in [0.1, 0.15) is 0 Å². The standard InChI is InChI=1S/C18H31N/c1-14(13-19-18(5,6)7)12-15-8-10-16(11-9-15)17(2,3)4/h8-11,14,19H,12-13H2,1-7H3. The van der Waals surface area contributed by atoms with E-state index in [-0.39, 0.29) is 11.0 Å². The third kappa shape index (κ3) is 6.24. The zero-order chi connectivity index (χ0) is 14.7. The Morgan fingerprint density at radius 3 is 1.89 bits per heavy atom. The lowest BCUT2D eigenvalue weighted by Gasteiger charge is -2.24. The summed E-state index contributed by atoms with van der Waals surface area (Å²) in [4.78, 5) is 0. The van der Waals surface area contributed by atoms with Gasteiger partial charge < -0.3 is 5.32 Å². The van der Waals surface area contributed by atoms with E-state index in [1.165, 1.54) is 11.1 Å². The highest BCUT2D eigenvalue weighted by molar-refractivity contribution is 5.27. The summed E-state index contributed by atoms with van der Waals surface area (Å²) < 4.78 is 0. The summed E-state index contributed by atoms with van der Waals surface area (Å²) >= 11 is 0. The summed E-state index contributed by atoms with van der Waals surface area (Å²) in [7, 11) is 0. The van der Waals surface area contributed by atoms with Crippen LogP contribution in [0, 0.1) is 5.92 Å². The van der Waals surface area contributed by atoms with Crippen molar-refractivity contribution < 1.29 is 0 Å². The lowest BCUT2D eigenvalue weighted by atomic mass is 9.86. The second kappa shape index (κ2) is 6.09. The van der Waals surface area contributed by atoms with E-state index < -0.39 is 0 Å². The molecule has 1 N–H and O–H groups in total. The Hall–Kier alpha value is -0.820. The fraction of sp³-hybridized carbons (Fsp3) is 0.667. The van der Waals surface area contributed by atoms with Crippen LogP contribution in [0.25, 0.3) is 0 Å². The number of benzene rings is 1. The van der Waals surface area contributed by atoms with Gasteiger partial charge in [-0.25, -0.2) is 0 Å². The molecule has 0 radical (unpaired) electrons. The molecule has 0 heterocycles. The Kier molecular flexibility index (Phi) is 5.20. The van der Waals surface area contributed by atoms with E-state index in [1.807, 2.05) is 0 Å². The molecule has 108 valence electrons. The maximum absolute atomic E-state index is 3.58. The third-order valence-electron chi connectivity index (χ3n) is 3.38. The molecule has 0 amide bonds. The van der Waals surface area contributed by atoms with E-state index in [9.17, 15) is 0 Å². The van der Waals surface area contributed by atoms with Crippen LogP contribution in [0.1, 0.15) is 59.6 Å². The van der Waals surface area contributed by atoms with Crippen LogP contribution < -0.4 is 5.32 Å². The van der Waals surface area contributed by atoms with Gasteiger partial charge in [0.15, 0.2) is 0 Å². The van der Waals surface area contributed by atoms with Crippen molar-refractivity contribution in [3.8, 4) is 0 Å². The van der Waals surface area contributed by atoms with Crippen LogP contribution in [0.3, 0.4) is 0 Å². The highest BCUT2D eigenvalue weighted by Crippen LogP contribution is 2.22. The predicted octanol–water partition coefficient (Wildman–Crippen LogP) is 4.55. The van der Waals surface area contributed by atoms with Crippen LogP contribution in [0.4, 0.5) is 0 Å². The molecule has 1 nitrogen and oxygen atoms in total. The van der Waals surface area contributed by atoms with Crippen molar-refractivity contribution in [3.05, 3.63) is 35.4 Å². The van der Waals surface area contributed by atoms with Crippen LogP contribution in [-0.4, -0.2) is 12.1 Å². The molecule has 0 fully saturated rings. The fourth-order valence-electron chi connectivity index (χ4n) is 2.10. The van der Waals surface area contributed by atoms with Crippen LogP contribution in [-0.2, 0) is 11.8 Å². The molecule has 0 spiro atoms. The molecule has 19 heavy (non-hydrogen) atoms. The van der Waals surface area contributed by atoms with Crippen LogP contribution in [0.15, 0.2) is 24.3 Å². The largest absolute Gasteiger partial charge is 0.312 e. The summed E-state index contributed by atoms with van der Waals surface area (Å²) in [5.74, 6) is 0.666. The minimum Gasteiger partial charge on any atom is -0.312 e. The topological polar surface area (TPSA) is 12.0 Å². The Morgan fingerprint density at radius 1 is 0.947 bits per heavy atom. The fourth-order valence-corrected chi connectivity index (χ4v) is 2.10. The van der Waals surface area contributed by atoms with Gasteiger partial charge in [-0.05, 0) is 56.2 Å². The van der Waals surface area contributed by atoms with E-state index in [0.717, 1.165) is 13.0 Å². The minimum atomic E-state index is 0.213. The number of rotatable bonds is 4. The average molecular weight is 261 g/mol. The SMILES string of the molecule is CC(CNC(C)(C)C)Cc1ccc(C(C)(C)C)cc1. The van der Waals surface area contributed by atoms with E-state index >= 15 is 0 Å². The van der Waals surface area contributed by atoms with Crippen molar-refractivity contribution >= 4 is 0 Å². The Labute approximate surface area is 119 Å². The molecule has 0 saturated carbocycles. The summed E-state index contributed by atoms with van der Waals surface area (Å²) in [5, 5.41) is 3.58. The first kappa shape index (κ1) is 16.2. The Balaban J connectivity index is 2.54. The molecule has 1 heteroatoms. The molecule has 0 aliphatic rings.